The minimum atomic E-state index is -4.68. The van der Waals surface area contributed by atoms with Gasteiger partial charge in [-0.15, -0.1) is 0 Å². The van der Waals surface area contributed by atoms with Gasteiger partial charge in [-0.05, 0) is 23.8 Å². The Hall–Kier alpha value is -3.07. The van der Waals surface area contributed by atoms with Crippen LogP contribution in [-0.4, -0.2) is 26.4 Å². The summed E-state index contributed by atoms with van der Waals surface area (Å²) in [5.41, 5.74) is 1.88. The van der Waals surface area contributed by atoms with Gasteiger partial charge in [-0.2, -0.15) is 13.2 Å². The lowest BCUT2D eigenvalue weighted by molar-refractivity contribution is -0.145. The summed E-state index contributed by atoms with van der Waals surface area (Å²) in [6, 6.07) is 9.78. The van der Waals surface area contributed by atoms with Crippen molar-refractivity contribution in [2.45, 2.75) is 25.7 Å². The maximum atomic E-state index is 13.4. The first kappa shape index (κ1) is 19.3. The van der Waals surface area contributed by atoms with Crippen LogP contribution >= 0.6 is 0 Å². The molecule has 5 nitrogen and oxygen atoms in total. The van der Waals surface area contributed by atoms with Gasteiger partial charge in [0, 0.05) is 37.8 Å². The van der Waals surface area contributed by atoms with Crippen molar-refractivity contribution in [1.82, 2.24) is 19.9 Å². The number of nitrogens with one attached hydrogen (secondary N) is 1. The number of rotatable bonds is 3. The van der Waals surface area contributed by atoms with Crippen molar-refractivity contribution < 1.29 is 17.6 Å². The Bertz CT molecular complexity index is 1090. The molecule has 0 atom stereocenters. The second kappa shape index (κ2) is 7.40. The summed E-state index contributed by atoms with van der Waals surface area (Å²) in [7, 11) is 0. The van der Waals surface area contributed by atoms with Gasteiger partial charge in [0.1, 0.15) is 5.82 Å². The van der Waals surface area contributed by atoms with Crippen molar-refractivity contribution in [3.63, 3.8) is 0 Å². The number of hydrogen-bond donors (Lipinski definition) is 1. The average molecular weight is 404 g/mol. The van der Waals surface area contributed by atoms with Crippen LogP contribution < -0.4 is 5.56 Å². The minimum absolute atomic E-state index is 0.192. The highest BCUT2D eigenvalue weighted by molar-refractivity contribution is 5.58. The first-order chi connectivity index (χ1) is 13.8. The van der Waals surface area contributed by atoms with E-state index in [2.05, 4.69) is 9.97 Å². The van der Waals surface area contributed by atoms with Crippen molar-refractivity contribution in [3.05, 3.63) is 81.4 Å². The fourth-order valence-electron chi connectivity index (χ4n) is 3.34. The third kappa shape index (κ3) is 4.19. The van der Waals surface area contributed by atoms with Gasteiger partial charge in [0.15, 0.2) is 0 Å². The summed E-state index contributed by atoms with van der Waals surface area (Å²) in [6.45, 7) is 1.17. The minimum Gasteiger partial charge on any atom is -0.303 e. The van der Waals surface area contributed by atoms with Crippen LogP contribution in [0, 0.1) is 5.82 Å². The predicted octanol–water partition coefficient (Wildman–Crippen LogP) is 3.55. The number of H-pyrrole nitrogens is 1. The summed E-state index contributed by atoms with van der Waals surface area (Å²) in [5, 5.41) is 0. The molecule has 29 heavy (non-hydrogen) atoms. The van der Waals surface area contributed by atoms with Gasteiger partial charge in [-0.3, -0.25) is 14.7 Å². The summed E-state index contributed by atoms with van der Waals surface area (Å²) in [5.74, 6) is -1.60. The molecule has 2 aromatic heterocycles. The van der Waals surface area contributed by atoms with Gasteiger partial charge >= 0.3 is 6.18 Å². The molecule has 0 bridgehead atoms. The van der Waals surface area contributed by atoms with E-state index in [9.17, 15) is 22.4 Å². The number of halogens is 4. The number of alkyl halides is 3. The van der Waals surface area contributed by atoms with Crippen LogP contribution in [0.4, 0.5) is 17.6 Å². The molecule has 3 heterocycles. The maximum Gasteiger partial charge on any atom is 0.449 e. The molecule has 9 heteroatoms. The van der Waals surface area contributed by atoms with Crippen molar-refractivity contribution in [3.8, 4) is 11.3 Å². The van der Waals surface area contributed by atoms with E-state index in [0.717, 1.165) is 5.56 Å². The molecule has 0 spiro atoms. The Kier molecular flexibility index (Phi) is 4.91. The first-order valence-electron chi connectivity index (χ1n) is 8.92. The largest absolute Gasteiger partial charge is 0.449 e. The van der Waals surface area contributed by atoms with Crippen LogP contribution in [0.2, 0.25) is 0 Å². The topological polar surface area (TPSA) is 61.9 Å². The summed E-state index contributed by atoms with van der Waals surface area (Å²) in [6.07, 6.45) is -2.75. The predicted molar refractivity (Wildman–Crippen MR) is 97.3 cm³/mol. The highest BCUT2D eigenvalue weighted by atomic mass is 19.4. The molecule has 0 fully saturated rings. The molecule has 0 saturated heterocycles. The Morgan fingerprint density at radius 1 is 1.17 bits per heavy atom. The second-order valence-corrected chi connectivity index (χ2v) is 6.86. The number of aromatic nitrogens is 3. The van der Waals surface area contributed by atoms with E-state index in [1.54, 1.807) is 24.4 Å². The Balaban J connectivity index is 1.49. The number of aromatic amines is 1. The highest BCUT2D eigenvalue weighted by Crippen LogP contribution is 2.27. The normalized spacial score (nSPS) is 14.6. The van der Waals surface area contributed by atoms with Crippen molar-refractivity contribution >= 4 is 0 Å². The molecule has 0 unspecified atom stereocenters. The molecule has 1 aliphatic heterocycles. The second-order valence-electron chi connectivity index (χ2n) is 6.86. The number of benzene rings is 1. The highest BCUT2D eigenvalue weighted by Gasteiger charge is 2.35. The van der Waals surface area contributed by atoms with Crippen LogP contribution in [0.3, 0.4) is 0 Å². The fourth-order valence-corrected chi connectivity index (χ4v) is 3.34. The number of hydrogen-bond acceptors (Lipinski definition) is 4. The van der Waals surface area contributed by atoms with Crippen LogP contribution in [0.25, 0.3) is 11.3 Å². The van der Waals surface area contributed by atoms with E-state index in [1.807, 2.05) is 16.0 Å². The zero-order valence-corrected chi connectivity index (χ0v) is 15.1. The molecule has 1 aliphatic rings. The fraction of sp³-hybridized carbons (Fsp3) is 0.250. The molecule has 1 N–H and O–H groups in total. The smallest absolute Gasteiger partial charge is 0.303 e. The molecular formula is C20H16F4N4O. The molecule has 1 aromatic carbocycles. The SMILES string of the molecule is O=c1[nH]c(C(F)(F)F)nc2c1CN(Cc1ccc(-c3cccc(F)c3)nc1)CC2. The lowest BCUT2D eigenvalue weighted by atomic mass is 10.1. The number of nitrogens with zero attached hydrogens (tertiary/aromatic N) is 3. The lowest BCUT2D eigenvalue weighted by Crippen LogP contribution is -2.36. The quantitative estimate of drug-likeness (QED) is 0.679. The maximum absolute atomic E-state index is 13.4. The van der Waals surface area contributed by atoms with Crippen molar-refractivity contribution in [2.75, 3.05) is 6.54 Å². The summed E-state index contributed by atoms with van der Waals surface area (Å²) in [4.78, 5) is 23.8. The van der Waals surface area contributed by atoms with E-state index in [-0.39, 0.29) is 30.0 Å². The molecule has 0 radical (unpaired) electrons. The lowest BCUT2D eigenvalue weighted by Gasteiger charge is -2.27. The van der Waals surface area contributed by atoms with Gasteiger partial charge < -0.3 is 4.98 Å². The third-order valence-electron chi connectivity index (χ3n) is 4.77. The van der Waals surface area contributed by atoms with Crippen LogP contribution in [0.5, 0.6) is 0 Å². The van der Waals surface area contributed by atoms with Gasteiger partial charge in [0.05, 0.1) is 17.0 Å². The number of pyridine rings is 1. The van der Waals surface area contributed by atoms with E-state index >= 15 is 0 Å². The Morgan fingerprint density at radius 2 is 2.00 bits per heavy atom. The first-order valence-corrected chi connectivity index (χ1v) is 8.92. The van der Waals surface area contributed by atoms with E-state index in [1.165, 1.54) is 12.1 Å². The van der Waals surface area contributed by atoms with E-state index in [4.69, 9.17) is 0 Å². The van der Waals surface area contributed by atoms with Gasteiger partial charge in [-0.25, -0.2) is 9.37 Å². The molecular weight excluding hydrogens is 388 g/mol. The molecule has 3 aromatic rings. The van der Waals surface area contributed by atoms with Crippen LogP contribution in [0.1, 0.15) is 22.6 Å². The van der Waals surface area contributed by atoms with Gasteiger partial charge in [0.25, 0.3) is 5.56 Å². The summed E-state index contributed by atoms with van der Waals surface area (Å²) >= 11 is 0. The third-order valence-corrected chi connectivity index (χ3v) is 4.77. The Labute approximate surface area is 163 Å². The molecule has 0 aliphatic carbocycles. The standard InChI is InChI=1S/C20H16F4N4O/c21-14-3-1-2-13(8-14)16-5-4-12(9-25-16)10-28-7-6-17-15(11-28)18(29)27-19(26-17)20(22,23)24/h1-5,8-9H,6-7,10-11H2,(H,26,27,29). The zero-order chi connectivity index (χ0) is 20.6. The number of fused-ring (bicyclic) bond motifs is 1. The van der Waals surface area contributed by atoms with Crippen LogP contribution in [-0.2, 0) is 25.7 Å². The molecule has 150 valence electrons. The zero-order valence-electron chi connectivity index (χ0n) is 15.1. The van der Waals surface area contributed by atoms with Crippen molar-refractivity contribution in [1.29, 1.82) is 0 Å². The Morgan fingerprint density at radius 3 is 2.69 bits per heavy atom. The van der Waals surface area contributed by atoms with E-state index in [0.29, 0.717) is 24.3 Å². The molecule has 0 amide bonds. The molecule has 4 rings (SSSR count). The monoisotopic (exact) mass is 404 g/mol. The van der Waals surface area contributed by atoms with Crippen molar-refractivity contribution in [2.24, 2.45) is 0 Å². The summed E-state index contributed by atoms with van der Waals surface area (Å²) < 4.78 is 51.8. The van der Waals surface area contributed by atoms with Gasteiger partial charge in [0.2, 0.25) is 5.82 Å². The molecule has 0 saturated carbocycles. The van der Waals surface area contributed by atoms with E-state index < -0.39 is 17.6 Å². The average Bonchev–Trinajstić information content (AvgIpc) is 2.68. The van der Waals surface area contributed by atoms with Gasteiger partial charge in [-0.1, -0.05) is 18.2 Å². The van der Waals surface area contributed by atoms with Crippen LogP contribution in [0.15, 0.2) is 47.4 Å².